The first-order chi connectivity index (χ1) is 8.61. The summed E-state index contributed by atoms with van der Waals surface area (Å²) in [5.74, 6) is 0. The highest BCUT2D eigenvalue weighted by molar-refractivity contribution is 6.30. The van der Waals surface area contributed by atoms with E-state index in [0.29, 0.717) is 12.1 Å². The fourth-order valence-electron chi connectivity index (χ4n) is 2.55. The van der Waals surface area contributed by atoms with Gasteiger partial charge in [-0.3, -0.25) is 0 Å². The van der Waals surface area contributed by atoms with Crippen molar-refractivity contribution in [1.82, 2.24) is 5.32 Å². The van der Waals surface area contributed by atoms with E-state index in [-0.39, 0.29) is 6.61 Å². The number of hydrogen-bond acceptors (Lipinski definition) is 3. The van der Waals surface area contributed by atoms with Crippen LogP contribution < -0.4 is 10.2 Å². The van der Waals surface area contributed by atoms with Gasteiger partial charge in [0.2, 0.25) is 0 Å². The summed E-state index contributed by atoms with van der Waals surface area (Å²) in [4.78, 5) is 2.37. The van der Waals surface area contributed by atoms with Crippen LogP contribution in [-0.2, 0) is 0 Å². The number of nitrogens with one attached hydrogen (secondary N) is 1. The molecule has 2 unspecified atom stereocenters. The zero-order valence-corrected chi connectivity index (χ0v) is 11.7. The average molecular weight is 269 g/mol. The van der Waals surface area contributed by atoms with Crippen molar-refractivity contribution in [3.8, 4) is 0 Å². The molecule has 1 aromatic carbocycles. The van der Waals surface area contributed by atoms with Crippen LogP contribution in [0.15, 0.2) is 18.2 Å². The second-order valence-corrected chi connectivity index (χ2v) is 5.50. The number of nitrogens with zero attached hydrogens (tertiary/aromatic N) is 1. The van der Waals surface area contributed by atoms with Gasteiger partial charge in [0.1, 0.15) is 0 Å². The van der Waals surface area contributed by atoms with Crippen LogP contribution in [0.4, 0.5) is 5.69 Å². The molecule has 2 rings (SSSR count). The van der Waals surface area contributed by atoms with Crippen molar-refractivity contribution >= 4 is 17.3 Å². The van der Waals surface area contributed by atoms with E-state index in [1.165, 1.54) is 11.3 Å². The molecular formula is C14H21ClN2O. The van der Waals surface area contributed by atoms with E-state index in [4.69, 9.17) is 11.6 Å². The minimum absolute atomic E-state index is 0.219. The smallest absolute Gasteiger partial charge is 0.0451 e. The maximum atomic E-state index is 9.19. The van der Waals surface area contributed by atoms with Gasteiger partial charge in [-0.1, -0.05) is 17.7 Å². The summed E-state index contributed by atoms with van der Waals surface area (Å²) in [5.41, 5.74) is 2.42. The first-order valence-electron chi connectivity index (χ1n) is 6.49. The first-order valence-corrected chi connectivity index (χ1v) is 6.86. The molecule has 2 N–H and O–H groups in total. The first kappa shape index (κ1) is 13.7. The van der Waals surface area contributed by atoms with Crippen molar-refractivity contribution in [2.45, 2.75) is 32.4 Å². The SMILES string of the molecule is Cc1ccc(Cl)cc1N1CC(C)NCC1CCO. The lowest BCUT2D eigenvalue weighted by atomic mass is 10.0. The van der Waals surface area contributed by atoms with Crippen LogP contribution in [0.25, 0.3) is 0 Å². The molecule has 1 aliphatic heterocycles. The molecule has 3 nitrogen and oxygen atoms in total. The van der Waals surface area contributed by atoms with Crippen molar-refractivity contribution in [2.75, 3.05) is 24.6 Å². The number of aliphatic hydroxyl groups excluding tert-OH is 1. The number of hydrogen-bond donors (Lipinski definition) is 2. The van der Waals surface area contributed by atoms with Gasteiger partial charge in [-0.15, -0.1) is 0 Å². The molecule has 1 fully saturated rings. The Morgan fingerprint density at radius 2 is 2.28 bits per heavy atom. The van der Waals surface area contributed by atoms with Crippen molar-refractivity contribution in [3.05, 3.63) is 28.8 Å². The number of piperazine rings is 1. The standard InChI is InChI=1S/C14H21ClN2O/c1-10-3-4-12(15)7-14(10)17-9-11(2)16-8-13(17)5-6-18/h3-4,7,11,13,16,18H,5-6,8-9H2,1-2H3. The van der Waals surface area contributed by atoms with Crippen LogP contribution in [0.2, 0.25) is 5.02 Å². The Kier molecular flexibility index (Phi) is 4.49. The molecule has 0 saturated carbocycles. The highest BCUT2D eigenvalue weighted by atomic mass is 35.5. The van der Waals surface area contributed by atoms with E-state index in [0.717, 1.165) is 24.5 Å². The van der Waals surface area contributed by atoms with Gasteiger partial charge in [0.05, 0.1) is 0 Å². The van der Waals surface area contributed by atoms with Gasteiger partial charge < -0.3 is 15.3 Å². The third-order valence-electron chi connectivity index (χ3n) is 3.56. The summed E-state index contributed by atoms with van der Waals surface area (Å²) in [6.07, 6.45) is 0.783. The van der Waals surface area contributed by atoms with Gasteiger partial charge in [-0.25, -0.2) is 0 Å². The molecule has 1 saturated heterocycles. The molecule has 0 aliphatic carbocycles. The predicted molar refractivity (Wildman–Crippen MR) is 76.5 cm³/mol. The van der Waals surface area contributed by atoms with Gasteiger partial charge in [-0.2, -0.15) is 0 Å². The monoisotopic (exact) mass is 268 g/mol. The number of anilines is 1. The zero-order chi connectivity index (χ0) is 13.1. The molecule has 4 heteroatoms. The molecule has 0 bridgehead atoms. The lowest BCUT2D eigenvalue weighted by Crippen LogP contribution is -2.56. The Balaban J connectivity index is 2.28. The molecule has 1 aliphatic rings. The summed E-state index contributed by atoms with van der Waals surface area (Å²) in [6.45, 7) is 6.37. The van der Waals surface area contributed by atoms with Gasteiger partial charge in [0.25, 0.3) is 0 Å². The van der Waals surface area contributed by atoms with E-state index in [2.05, 4.69) is 30.1 Å². The average Bonchev–Trinajstić information content (AvgIpc) is 2.35. The quantitative estimate of drug-likeness (QED) is 0.882. The molecule has 1 heterocycles. The van der Waals surface area contributed by atoms with E-state index >= 15 is 0 Å². The topological polar surface area (TPSA) is 35.5 Å². The van der Waals surface area contributed by atoms with Crippen LogP contribution in [0.5, 0.6) is 0 Å². The van der Waals surface area contributed by atoms with Crippen LogP contribution in [0.1, 0.15) is 18.9 Å². The Morgan fingerprint density at radius 3 is 3.00 bits per heavy atom. The normalized spacial score (nSPS) is 24.3. The minimum atomic E-state index is 0.219. The number of aryl methyl sites for hydroxylation is 1. The van der Waals surface area contributed by atoms with Crippen molar-refractivity contribution in [3.63, 3.8) is 0 Å². The third-order valence-corrected chi connectivity index (χ3v) is 3.79. The predicted octanol–water partition coefficient (Wildman–Crippen LogP) is 2.20. The fraction of sp³-hybridized carbons (Fsp3) is 0.571. The summed E-state index contributed by atoms with van der Waals surface area (Å²) >= 11 is 6.11. The van der Waals surface area contributed by atoms with Gasteiger partial charge in [0, 0.05) is 42.5 Å². The van der Waals surface area contributed by atoms with Gasteiger partial charge in [-0.05, 0) is 38.0 Å². The van der Waals surface area contributed by atoms with Gasteiger partial charge >= 0.3 is 0 Å². The Bertz CT molecular complexity index is 411. The number of benzene rings is 1. The second kappa shape index (κ2) is 5.91. The summed E-state index contributed by atoms with van der Waals surface area (Å²) in [6, 6.07) is 6.80. The summed E-state index contributed by atoms with van der Waals surface area (Å²) in [7, 11) is 0. The second-order valence-electron chi connectivity index (χ2n) is 5.06. The lowest BCUT2D eigenvalue weighted by molar-refractivity contribution is 0.260. The highest BCUT2D eigenvalue weighted by Crippen LogP contribution is 2.28. The Hall–Kier alpha value is -0.770. The largest absolute Gasteiger partial charge is 0.396 e. The van der Waals surface area contributed by atoms with Crippen LogP contribution in [0, 0.1) is 6.92 Å². The van der Waals surface area contributed by atoms with E-state index in [1.54, 1.807) is 0 Å². The number of aliphatic hydroxyl groups is 1. The molecule has 0 amide bonds. The summed E-state index contributed by atoms with van der Waals surface area (Å²) in [5, 5.41) is 13.4. The molecule has 100 valence electrons. The zero-order valence-electron chi connectivity index (χ0n) is 11.0. The lowest BCUT2D eigenvalue weighted by Gasteiger charge is -2.41. The van der Waals surface area contributed by atoms with Crippen LogP contribution in [-0.4, -0.2) is 36.9 Å². The van der Waals surface area contributed by atoms with Crippen LogP contribution >= 0.6 is 11.6 Å². The van der Waals surface area contributed by atoms with Crippen LogP contribution in [0.3, 0.4) is 0 Å². The highest BCUT2D eigenvalue weighted by Gasteiger charge is 2.26. The maximum absolute atomic E-state index is 9.19. The number of halogens is 1. The van der Waals surface area contributed by atoms with Crippen molar-refractivity contribution in [1.29, 1.82) is 0 Å². The maximum Gasteiger partial charge on any atom is 0.0451 e. The van der Waals surface area contributed by atoms with Crippen molar-refractivity contribution < 1.29 is 5.11 Å². The molecule has 0 radical (unpaired) electrons. The minimum Gasteiger partial charge on any atom is -0.396 e. The van der Waals surface area contributed by atoms with Crippen molar-refractivity contribution in [2.24, 2.45) is 0 Å². The van der Waals surface area contributed by atoms with E-state index in [9.17, 15) is 5.11 Å². The van der Waals surface area contributed by atoms with E-state index in [1.807, 2.05) is 12.1 Å². The number of rotatable bonds is 3. The Morgan fingerprint density at radius 1 is 1.50 bits per heavy atom. The molecule has 18 heavy (non-hydrogen) atoms. The molecular weight excluding hydrogens is 248 g/mol. The van der Waals surface area contributed by atoms with E-state index < -0.39 is 0 Å². The molecule has 0 aromatic heterocycles. The Labute approximate surface area is 114 Å². The molecule has 0 spiro atoms. The fourth-order valence-corrected chi connectivity index (χ4v) is 2.72. The third kappa shape index (κ3) is 2.97. The molecule has 2 atom stereocenters. The summed E-state index contributed by atoms with van der Waals surface area (Å²) < 4.78 is 0. The molecule has 1 aromatic rings. The van der Waals surface area contributed by atoms with Gasteiger partial charge in [0.15, 0.2) is 0 Å².